The van der Waals surface area contributed by atoms with Gasteiger partial charge in [0.1, 0.15) is 12.1 Å². The molecule has 0 aliphatic rings. The first-order valence-electron chi connectivity index (χ1n) is 5.28. The molecule has 0 saturated carbocycles. The average molecular weight is 276 g/mol. The van der Waals surface area contributed by atoms with E-state index in [-0.39, 0.29) is 23.1 Å². The SMILES string of the molecule is O=[N+]([O-])c1cc(F)cc(-c2nc(-c3ncn[nH]3)no2)c1. The predicted octanol–water partition coefficient (Wildman–Crippen LogP) is 1.57. The molecule has 0 radical (unpaired) electrons. The third-order valence-corrected chi connectivity index (χ3v) is 2.39. The molecule has 0 saturated heterocycles. The van der Waals surface area contributed by atoms with Gasteiger partial charge < -0.3 is 4.52 Å². The average Bonchev–Trinajstić information content (AvgIpc) is 3.09. The number of rotatable bonds is 3. The van der Waals surface area contributed by atoms with Crippen LogP contribution in [0, 0.1) is 15.9 Å². The van der Waals surface area contributed by atoms with Crippen molar-refractivity contribution >= 4 is 5.69 Å². The summed E-state index contributed by atoms with van der Waals surface area (Å²) in [5, 5.41) is 20.5. The van der Waals surface area contributed by atoms with Crippen molar-refractivity contribution in [2.24, 2.45) is 0 Å². The van der Waals surface area contributed by atoms with Crippen molar-refractivity contribution in [3.8, 4) is 23.1 Å². The Morgan fingerprint density at radius 3 is 2.90 bits per heavy atom. The summed E-state index contributed by atoms with van der Waals surface area (Å²) in [6.45, 7) is 0. The highest BCUT2D eigenvalue weighted by atomic mass is 19.1. The van der Waals surface area contributed by atoms with E-state index in [0.717, 1.165) is 18.2 Å². The maximum Gasteiger partial charge on any atom is 0.273 e. The zero-order valence-corrected chi connectivity index (χ0v) is 9.65. The van der Waals surface area contributed by atoms with Gasteiger partial charge in [-0.3, -0.25) is 15.2 Å². The molecule has 10 heteroatoms. The Labute approximate surface area is 109 Å². The van der Waals surface area contributed by atoms with Gasteiger partial charge in [0, 0.05) is 11.6 Å². The van der Waals surface area contributed by atoms with E-state index in [0.29, 0.717) is 0 Å². The molecule has 1 N–H and O–H groups in total. The first kappa shape index (κ1) is 11.9. The van der Waals surface area contributed by atoms with E-state index in [4.69, 9.17) is 4.52 Å². The lowest BCUT2D eigenvalue weighted by Crippen LogP contribution is -1.91. The molecule has 2 aromatic heterocycles. The van der Waals surface area contributed by atoms with Gasteiger partial charge in [-0.25, -0.2) is 9.37 Å². The Kier molecular flexibility index (Phi) is 2.67. The van der Waals surface area contributed by atoms with Crippen molar-refractivity contribution in [1.29, 1.82) is 0 Å². The molecule has 1 aromatic carbocycles. The smallest absolute Gasteiger partial charge is 0.273 e. The lowest BCUT2D eigenvalue weighted by molar-refractivity contribution is -0.385. The number of nitro benzene ring substituents is 1. The van der Waals surface area contributed by atoms with Crippen LogP contribution in [-0.2, 0) is 0 Å². The molecular weight excluding hydrogens is 271 g/mol. The van der Waals surface area contributed by atoms with Crippen LogP contribution in [0.5, 0.6) is 0 Å². The van der Waals surface area contributed by atoms with E-state index in [1.165, 1.54) is 6.33 Å². The number of hydrogen-bond donors (Lipinski definition) is 1. The molecular formula is C10H5FN6O3. The van der Waals surface area contributed by atoms with Gasteiger partial charge in [0.15, 0.2) is 5.82 Å². The van der Waals surface area contributed by atoms with E-state index in [1.807, 2.05) is 0 Å². The van der Waals surface area contributed by atoms with Crippen LogP contribution in [0.4, 0.5) is 10.1 Å². The number of nitro groups is 1. The summed E-state index contributed by atoms with van der Waals surface area (Å²) >= 11 is 0. The van der Waals surface area contributed by atoms with Gasteiger partial charge in [0.05, 0.1) is 11.0 Å². The second kappa shape index (κ2) is 4.50. The minimum absolute atomic E-state index is 0.0565. The Hall–Kier alpha value is -3.17. The molecule has 2 heterocycles. The molecule has 0 aliphatic carbocycles. The van der Waals surface area contributed by atoms with Gasteiger partial charge in [0.2, 0.25) is 5.82 Å². The molecule has 3 rings (SSSR count). The summed E-state index contributed by atoms with van der Waals surface area (Å²) in [4.78, 5) is 17.8. The Bertz CT molecular complexity index is 769. The molecule has 20 heavy (non-hydrogen) atoms. The van der Waals surface area contributed by atoms with Gasteiger partial charge in [-0.2, -0.15) is 10.1 Å². The monoisotopic (exact) mass is 276 g/mol. The number of aromatic amines is 1. The van der Waals surface area contributed by atoms with Gasteiger partial charge in [0.25, 0.3) is 11.6 Å². The molecule has 0 fully saturated rings. The lowest BCUT2D eigenvalue weighted by atomic mass is 10.2. The van der Waals surface area contributed by atoms with E-state index < -0.39 is 16.4 Å². The maximum atomic E-state index is 13.3. The van der Waals surface area contributed by atoms with Crippen molar-refractivity contribution < 1.29 is 13.8 Å². The number of halogens is 1. The summed E-state index contributed by atoms with van der Waals surface area (Å²) in [6.07, 6.45) is 1.26. The van der Waals surface area contributed by atoms with Crippen LogP contribution in [-0.4, -0.2) is 30.2 Å². The second-order valence-corrected chi connectivity index (χ2v) is 3.71. The Morgan fingerprint density at radius 2 is 2.20 bits per heavy atom. The zero-order valence-electron chi connectivity index (χ0n) is 9.65. The quantitative estimate of drug-likeness (QED) is 0.568. The van der Waals surface area contributed by atoms with Crippen molar-refractivity contribution in [1.82, 2.24) is 25.3 Å². The molecule has 9 nitrogen and oxygen atoms in total. The zero-order chi connectivity index (χ0) is 14.1. The molecule has 100 valence electrons. The van der Waals surface area contributed by atoms with Crippen LogP contribution in [0.2, 0.25) is 0 Å². The molecule has 0 aliphatic heterocycles. The van der Waals surface area contributed by atoms with Crippen LogP contribution >= 0.6 is 0 Å². The summed E-state index contributed by atoms with van der Waals surface area (Å²) < 4.78 is 18.3. The molecule has 0 atom stereocenters. The van der Waals surface area contributed by atoms with Crippen LogP contribution in [0.3, 0.4) is 0 Å². The summed E-state index contributed by atoms with van der Waals surface area (Å²) in [5.74, 6) is -0.442. The highest BCUT2D eigenvalue weighted by Gasteiger charge is 2.17. The molecule has 3 aromatic rings. The fourth-order valence-electron chi connectivity index (χ4n) is 1.55. The van der Waals surface area contributed by atoms with Crippen molar-refractivity contribution in [3.63, 3.8) is 0 Å². The maximum absolute atomic E-state index is 13.3. The number of nitrogens with zero attached hydrogens (tertiary/aromatic N) is 5. The minimum Gasteiger partial charge on any atom is -0.333 e. The number of H-pyrrole nitrogens is 1. The highest BCUT2D eigenvalue weighted by Crippen LogP contribution is 2.25. The highest BCUT2D eigenvalue weighted by molar-refractivity contribution is 5.59. The van der Waals surface area contributed by atoms with E-state index >= 15 is 0 Å². The summed E-state index contributed by atoms with van der Waals surface area (Å²) in [5.41, 5.74) is -0.297. The van der Waals surface area contributed by atoms with E-state index in [1.54, 1.807) is 0 Å². The fourth-order valence-corrected chi connectivity index (χ4v) is 1.55. The van der Waals surface area contributed by atoms with E-state index in [9.17, 15) is 14.5 Å². The standard InChI is InChI=1S/C10H5FN6O3/c11-6-1-5(2-7(3-6)17(18)19)10-14-9(16-20-10)8-12-4-13-15-8/h1-4H,(H,12,13,15). The number of benzene rings is 1. The second-order valence-electron chi connectivity index (χ2n) is 3.71. The number of non-ortho nitro benzene ring substituents is 1. The molecule has 0 spiro atoms. The number of aromatic nitrogens is 5. The summed E-state index contributed by atoms with van der Waals surface area (Å²) in [6, 6.07) is 3.00. The van der Waals surface area contributed by atoms with Crippen LogP contribution in [0.25, 0.3) is 23.1 Å². The summed E-state index contributed by atoms with van der Waals surface area (Å²) in [7, 11) is 0. The van der Waals surface area contributed by atoms with E-state index in [2.05, 4.69) is 25.3 Å². The van der Waals surface area contributed by atoms with Gasteiger partial charge in [-0.05, 0) is 6.07 Å². The third-order valence-electron chi connectivity index (χ3n) is 2.39. The topological polar surface area (TPSA) is 124 Å². The Morgan fingerprint density at radius 1 is 1.35 bits per heavy atom. The van der Waals surface area contributed by atoms with Crippen LogP contribution in [0.15, 0.2) is 29.0 Å². The van der Waals surface area contributed by atoms with Crippen LogP contribution in [0.1, 0.15) is 0 Å². The molecule has 0 amide bonds. The number of hydrogen-bond acceptors (Lipinski definition) is 7. The molecule has 0 unspecified atom stereocenters. The minimum atomic E-state index is -0.770. The Balaban J connectivity index is 2.03. The van der Waals surface area contributed by atoms with Crippen LogP contribution < -0.4 is 0 Å². The molecule has 0 bridgehead atoms. The first-order chi connectivity index (χ1) is 9.63. The largest absolute Gasteiger partial charge is 0.333 e. The predicted molar refractivity (Wildman–Crippen MR) is 61.7 cm³/mol. The van der Waals surface area contributed by atoms with Crippen molar-refractivity contribution in [3.05, 3.63) is 40.5 Å². The fraction of sp³-hybridized carbons (Fsp3) is 0. The van der Waals surface area contributed by atoms with Gasteiger partial charge in [-0.15, -0.1) is 0 Å². The first-order valence-corrected chi connectivity index (χ1v) is 5.28. The number of nitrogens with one attached hydrogen (secondary N) is 1. The third kappa shape index (κ3) is 2.09. The normalized spacial score (nSPS) is 10.7. The van der Waals surface area contributed by atoms with Gasteiger partial charge in [-0.1, -0.05) is 5.16 Å². The van der Waals surface area contributed by atoms with Crippen molar-refractivity contribution in [2.45, 2.75) is 0 Å². The van der Waals surface area contributed by atoms with Gasteiger partial charge >= 0.3 is 0 Å². The lowest BCUT2D eigenvalue weighted by Gasteiger charge is -1.96. The van der Waals surface area contributed by atoms with Crippen molar-refractivity contribution in [2.75, 3.05) is 0 Å².